The molecule has 0 aliphatic rings. The Balaban J connectivity index is 2.78. The van der Waals surface area contributed by atoms with Crippen LogP contribution >= 0.6 is 0 Å². The zero-order valence-electron chi connectivity index (χ0n) is 10.2. The highest BCUT2D eigenvalue weighted by Gasteiger charge is 1.91. The van der Waals surface area contributed by atoms with Crippen molar-refractivity contribution < 1.29 is 0 Å². The Morgan fingerprint density at radius 1 is 0.571 bits per heavy atom. The normalized spacial score (nSPS) is 10.7. The summed E-state index contributed by atoms with van der Waals surface area (Å²) in [6, 6.07) is 0. The molecule has 0 unspecified atom stereocenters. The second kappa shape index (κ2) is 13.0. The van der Waals surface area contributed by atoms with E-state index in [1.54, 1.807) is 0 Å². The van der Waals surface area contributed by atoms with Crippen LogP contribution in [0.15, 0.2) is 0 Å². The molecule has 0 N–H and O–H groups in total. The number of rotatable bonds is 11. The summed E-state index contributed by atoms with van der Waals surface area (Å²) in [5.74, 6) is 0. The summed E-state index contributed by atoms with van der Waals surface area (Å²) in [7, 11) is 0. The van der Waals surface area contributed by atoms with Crippen molar-refractivity contribution in [1.29, 1.82) is 0 Å². The average molecular weight is 198 g/mol. The van der Waals surface area contributed by atoms with Gasteiger partial charge < -0.3 is 0 Å². The van der Waals surface area contributed by atoms with Gasteiger partial charge in [-0.15, -0.1) is 0 Å². The molecule has 0 atom stereocenters. The smallest absolute Gasteiger partial charge is 0.0133 e. The van der Waals surface area contributed by atoms with Gasteiger partial charge in [0.25, 0.3) is 0 Å². The van der Waals surface area contributed by atoms with E-state index >= 15 is 0 Å². The molecule has 0 spiro atoms. The summed E-state index contributed by atoms with van der Waals surface area (Å²) in [6.45, 7) is 6.63. The highest BCUT2D eigenvalue weighted by Crippen LogP contribution is 2.07. The molecular formula is C13H28N. The van der Waals surface area contributed by atoms with Crippen molar-refractivity contribution >= 4 is 0 Å². The van der Waals surface area contributed by atoms with Gasteiger partial charge in [-0.3, -0.25) is 0 Å². The first-order valence-corrected chi connectivity index (χ1v) is 6.55. The molecule has 0 bridgehead atoms. The van der Waals surface area contributed by atoms with E-state index in [2.05, 4.69) is 19.2 Å². The molecule has 1 heteroatoms. The summed E-state index contributed by atoms with van der Waals surface area (Å²) in [5, 5.41) is 4.44. The van der Waals surface area contributed by atoms with Crippen LogP contribution in [0.3, 0.4) is 0 Å². The monoisotopic (exact) mass is 198 g/mol. The van der Waals surface area contributed by atoms with E-state index in [9.17, 15) is 0 Å². The first-order valence-electron chi connectivity index (χ1n) is 6.55. The molecule has 0 aliphatic carbocycles. The Bertz CT molecular complexity index is 79.2. The van der Waals surface area contributed by atoms with Crippen LogP contribution in [0.25, 0.3) is 0 Å². The molecular weight excluding hydrogens is 170 g/mol. The minimum Gasteiger partial charge on any atom is -0.242 e. The summed E-state index contributed by atoms with van der Waals surface area (Å²) < 4.78 is 0. The molecule has 0 fully saturated rings. The van der Waals surface area contributed by atoms with E-state index in [-0.39, 0.29) is 0 Å². The van der Waals surface area contributed by atoms with Crippen molar-refractivity contribution in [3.63, 3.8) is 0 Å². The molecule has 14 heavy (non-hydrogen) atoms. The van der Waals surface area contributed by atoms with Crippen LogP contribution in [0.2, 0.25) is 0 Å². The molecule has 1 nitrogen and oxygen atoms in total. The van der Waals surface area contributed by atoms with E-state index in [0.29, 0.717) is 0 Å². The quantitative estimate of drug-likeness (QED) is 0.443. The molecule has 1 radical (unpaired) electrons. The fourth-order valence-corrected chi connectivity index (χ4v) is 1.63. The van der Waals surface area contributed by atoms with Gasteiger partial charge in [0.15, 0.2) is 0 Å². The maximum Gasteiger partial charge on any atom is 0.0133 e. The molecule has 85 valence electrons. The summed E-state index contributed by atoms with van der Waals surface area (Å²) in [4.78, 5) is 0. The highest BCUT2D eigenvalue weighted by molar-refractivity contribution is 4.48. The Kier molecular flexibility index (Phi) is 12.9. The third-order valence-corrected chi connectivity index (χ3v) is 2.55. The van der Waals surface area contributed by atoms with Crippen LogP contribution in [-0.4, -0.2) is 13.1 Å². The van der Waals surface area contributed by atoms with Gasteiger partial charge in [0.05, 0.1) is 0 Å². The third kappa shape index (κ3) is 12.0. The van der Waals surface area contributed by atoms with Crippen LogP contribution < -0.4 is 5.32 Å². The second-order valence-electron chi connectivity index (χ2n) is 4.15. The third-order valence-electron chi connectivity index (χ3n) is 2.55. The SMILES string of the molecule is CCCCCCCCCC[N]CCC. The van der Waals surface area contributed by atoms with Crippen molar-refractivity contribution in [1.82, 2.24) is 5.32 Å². The Morgan fingerprint density at radius 2 is 1.14 bits per heavy atom. The fraction of sp³-hybridized carbons (Fsp3) is 1.00. The summed E-state index contributed by atoms with van der Waals surface area (Å²) >= 11 is 0. The van der Waals surface area contributed by atoms with Crippen molar-refractivity contribution in [2.45, 2.75) is 71.6 Å². The van der Waals surface area contributed by atoms with Gasteiger partial charge in [-0.25, -0.2) is 5.32 Å². The first-order chi connectivity index (χ1) is 6.91. The van der Waals surface area contributed by atoms with E-state index in [4.69, 9.17) is 0 Å². The zero-order valence-corrected chi connectivity index (χ0v) is 10.2. The Morgan fingerprint density at radius 3 is 1.71 bits per heavy atom. The van der Waals surface area contributed by atoms with Gasteiger partial charge in [-0.2, -0.15) is 0 Å². The number of hydrogen-bond acceptors (Lipinski definition) is 0. The van der Waals surface area contributed by atoms with E-state index in [1.165, 1.54) is 57.8 Å². The topological polar surface area (TPSA) is 14.1 Å². The van der Waals surface area contributed by atoms with Gasteiger partial charge in [0, 0.05) is 13.1 Å². The largest absolute Gasteiger partial charge is 0.242 e. The maximum absolute atomic E-state index is 4.44. The minimum absolute atomic E-state index is 1.07. The molecule has 0 aromatic rings. The van der Waals surface area contributed by atoms with Crippen LogP contribution in [0.4, 0.5) is 0 Å². The van der Waals surface area contributed by atoms with E-state index in [0.717, 1.165) is 13.1 Å². The Labute approximate surface area is 90.7 Å². The number of unbranched alkanes of at least 4 members (excludes halogenated alkanes) is 7. The predicted molar refractivity (Wildman–Crippen MR) is 64.8 cm³/mol. The molecule has 0 saturated heterocycles. The van der Waals surface area contributed by atoms with E-state index in [1.807, 2.05) is 0 Å². The van der Waals surface area contributed by atoms with E-state index < -0.39 is 0 Å². The maximum atomic E-state index is 4.44. The lowest BCUT2D eigenvalue weighted by Crippen LogP contribution is -2.07. The lowest BCUT2D eigenvalue weighted by atomic mass is 10.1. The molecule has 0 rings (SSSR count). The molecule has 0 aromatic carbocycles. The summed E-state index contributed by atoms with van der Waals surface area (Å²) in [6.07, 6.45) is 12.4. The van der Waals surface area contributed by atoms with Crippen molar-refractivity contribution in [3.8, 4) is 0 Å². The van der Waals surface area contributed by atoms with Crippen molar-refractivity contribution in [3.05, 3.63) is 0 Å². The minimum atomic E-state index is 1.07. The molecule has 0 aromatic heterocycles. The predicted octanol–water partition coefficient (Wildman–Crippen LogP) is 4.14. The number of hydrogen-bond donors (Lipinski definition) is 0. The zero-order chi connectivity index (χ0) is 10.5. The van der Waals surface area contributed by atoms with Crippen LogP contribution in [0, 0.1) is 0 Å². The standard InChI is InChI=1S/C13H28N/c1-3-5-6-7-8-9-10-11-13-14-12-4-2/h3-13H2,1-2H3. The van der Waals surface area contributed by atoms with Gasteiger partial charge in [0.1, 0.15) is 0 Å². The van der Waals surface area contributed by atoms with Gasteiger partial charge >= 0.3 is 0 Å². The van der Waals surface area contributed by atoms with Crippen molar-refractivity contribution in [2.75, 3.05) is 13.1 Å². The van der Waals surface area contributed by atoms with Gasteiger partial charge in [-0.05, 0) is 12.8 Å². The van der Waals surface area contributed by atoms with Gasteiger partial charge in [-0.1, -0.05) is 58.8 Å². The summed E-state index contributed by atoms with van der Waals surface area (Å²) in [5.41, 5.74) is 0. The first kappa shape index (κ1) is 14.0. The lowest BCUT2D eigenvalue weighted by molar-refractivity contribution is 0.550. The van der Waals surface area contributed by atoms with Crippen molar-refractivity contribution in [2.24, 2.45) is 0 Å². The van der Waals surface area contributed by atoms with Crippen LogP contribution in [0.5, 0.6) is 0 Å². The highest BCUT2D eigenvalue weighted by atomic mass is 14.8. The van der Waals surface area contributed by atoms with Gasteiger partial charge in [0.2, 0.25) is 0 Å². The fourth-order valence-electron chi connectivity index (χ4n) is 1.63. The van der Waals surface area contributed by atoms with Crippen LogP contribution in [-0.2, 0) is 0 Å². The molecule has 0 amide bonds. The molecule has 0 aliphatic heterocycles. The van der Waals surface area contributed by atoms with Crippen LogP contribution in [0.1, 0.15) is 71.6 Å². The molecule has 0 heterocycles. The Hall–Kier alpha value is -0.0400. The lowest BCUT2D eigenvalue weighted by Gasteiger charge is -2.01. The number of nitrogens with zero attached hydrogens (tertiary/aromatic N) is 1. The second-order valence-corrected chi connectivity index (χ2v) is 4.15. The average Bonchev–Trinajstić information content (AvgIpc) is 2.21. The molecule has 0 saturated carbocycles.